The minimum Gasteiger partial charge on any atom is -0.290 e. The Balaban J connectivity index is 1.35. The highest BCUT2D eigenvalue weighted by molar-refractivity contribution is 6.09. The van der Waals surface area contributed by atoms with E-state index >= 15 is 0 Å². The summed E-state index contributed by atoms with van der Waals surface area (Å²) < 4.78 is 0. The van der Waals surface area contributed by atoms with Crippen LogP contribution in [0.5, 0.6) is 0 Å². The predicted molar refractivity (Wildman–Crippen MR) is 116 cm³/mol. The molecule has 0 N–H and O–H groups in total. The largest absolute Gasteiger partial charge is 0.290 e. The Morgan fingerprint density at radius 3 is 2.19 bits per heavy atom. The molecule has 5 aliphatic rings. The number of benzene rings is 2. The van der Waals surface area contributed by atoms with E-state index < -0.39 is 0 Å². The minimum atomic E-state index is -0.252. The molecule has 4 aliphatic carbocycles. The summed E-state index contributed by atoms with van der Waals surface area (Å²) in [6.07, 6.45) is 5.47. The number of amides is 3. The molecule has 1 saturated heterocycles. The molecule has 1 heterocycles. The predicted octanol–water partition coefficient (Wildman–Crippen LogP) is 3.65. The van der Waals surface area contributed by atoms with Crippen molar-refractivity contribution in [3.05, 3.63) is 77.9 Å². The quantitative estimate of drug-likeness (QED) is 0.569. The van der Waals surface area contributed by atoms with Crippen LogP contribution in [0.25, 0.3) is 0 Å². The van der Waals surface area contributed by atoms with E-state index in [-0.39, 0.29) is 48.1 Å². The third-order valence-electron chi connectivity index (χ3n) is 7.62. The summed E-state index contributed by atoms with van der Waals surface area (Å²) in [7, 11) is 0. The number of hydrogen-bond donors (Lipinski definition) is 0. The standard InChI is InChI=1S/C26H24N2O3/c1-15-6-5-9-17(12-15)27(24(29)16-7-3-2-4-8-16)14-28-25(30)22-18-10-11-19(21-13-20(18)21)23(22)26(28)31/h2-12,18-23H,13-14H2,1H3/t18-,19-,20-,21+,22+,23+/m0/s1. The Labute approximate surface area is 181 Å². The Morgan fingerprint density at radius 1 is 0.935 bits per heavy atom. The van der Waals surface area contributed by atoms with Crippen molar-refractivity contribution in [1.82, 2.24) is 4.90 Å². The number of allylic oxidation sites excluding steroid dienone is 2. The molecule has 2 saturated carbocycles. The van der Waals surface area contributed by atoms with Gasteiger partial charge in [-0.1, -0.05) is 42.5 Å². The minimum absolute atomic E-state index is 0.0450. The van der Waals surface area contributed by atoms with Crippen molar-refractivity contribution in [3.8, 4) is 0 Å². The molecule has 7 rings (SSSR count). The van der Waals surface area contributed by atoms with Crippen LogP contribution < -0.4 is 4.90 Å². The fourth-order valence-corrected chi connectivity index (χ4v) is 6.10. The zero-order valence-electron chi connectivity index (χ0n) is 17.3. The summed E-state index contributed by atoms with van der Waals surface area (Å²) in [4.78, 5) is 43.2. The van der Waals surface area contributed by atoms with Gasteiger partial charge in [0.2, 0.25) is 11.8 Å². The molecule has 3 amide bonds. The van der Waals surface area contributed by atoms with Gasteiger partial charge in [-0.05, 0) is 66.8 Å². The second-order valence-electron chi connectivity index (χ2n) is 9.34. The van der Waals surface area contributed by atoms with Crippen molar-refractivity contribution >= 4 is 23.4 Å². The Hall–Kier alpha value is -3.21. The van der Waals surface area contributed by atoms with Gasteiger partial charge in [0.15, 0.2) is 0 Å². The van der Waals surface area contributed by atoms with Crippen LogP contribution in [0.1, 0.15) is 22.3 Å². The third-order valence-corrected chi connectivity index (χ3v) is 7.62. The van der Waals surface area contributed by atoms with Crippen LogP contribution in [-0.2, 0) is 9.59 Å². The molecule has 6 atom stereocenters. The number of nitrogens with zero attached hydrogens (tertiary/aromatic N) is 2. The molecular formula is C26H24N2O3. The molecule has 156 valence electrons. The Bertz CT molecular complexity index is 1090. The summed E-state index contributed by atoms with van der Waals surface area (Å²) in [6, 6.07) is 16.6. The fourth-order valence-electron chi connectivity index (χ4n) is 6.10. The van der Waals surface area contributed by atoms with Gasteiger partial charge in [-0.3, -0.25) is 24.2 Å². The summed E-state index contributed by atoms with van der Waals surface area (Å²) >= 11 is 0. The zero-order chi connectivity index (χ0) is 21.3. The highest BCUT2D eigenvalue weighted by Crippen LogP contribution is 2.65. The smallest absolute Gasteiger partial charge is 0.259 e. The van der Waals surface area contributed by atoms with Gasteiger partial charge in [0.05, 0.1) is 11.8 Å². The first kappa shape index (κ1) is 18.6. The average Bonchev–Trinajstić information content (AvgIpc) is 3.57. The van der Waals surface area contributed by atoms with Crippen LogP contribution >= 0.6 is 0 Å². The zero-order valence-corrected chi connectivity index (χ0v) is 17.3. The molecule has 5 nitrogen and oxygen atoms in total. The molecule has 2 aromatic carbocycles. The monoisotopic (exact) mass is 412 g/mol. The van der Waals surface area contributed by atoms with Gasteiger partial charge in [0, 0.05) is 11.3 Å². The highest BCUT2D eigenvalue weighted by atomic mass is 16.2. The van der Waals surface area contributed by atoms with Crippen LogP contribution in [0, 0.1) is 42.4 Å². The van der Waals surface area contributed by atoms with E-state index in [0.29, 0.717) is 23.1 Å². The van der Waals surface area contributed by atoms with E-state index in [2.05, 4.69) is 12.2 Å². The van der Waals surface area contributed by atoms with E-state index in [9.17, 15) is 14.4 Å². The summed E-state index contributed by atoms with van der Waals surface area (Å²) in [6.45, 7) is 1.92. The maximum absolute atomic E-state index is 13.4. The number of aryl methyl sites for hydroxylation is 1. The molecule has 0 spiro atoms. The van der Waals surface area contributed by atoms with E-state index in [1.165, 1.54) is 4.90 Å². The Kier molecular flexibility index (Phi) is 3.98. The molecule has 0 radical (unpaired) electrons. The highest BCUT2D eigenvalue weighted by Gasteiger charge is 2.67. The van der Waals surface area contributed by atoms with Crippen molar-refractivity contribution in [2.45, 2.75) is 13.3 Å². The summed E-state index contributed by atoms with van der Waals surface area (Å²) in [5, 5.41) is 0. The molecule has 3 fully saturated rings. The lowest BCUT2D eigenvalue weighted by Gasteiger charge is -2.37. The number of rotatable bonds is 4. The molecule has 5 heteroatoms. The van der Waals surface area contributed by atoms with Gasteiger partial charge in [-0.25, -0.2) is 0 Å². The number of hydrogen-bond acceptors (Lipinski definition) is 3. The first-order valence-corrected chi connectivity index (χ1v) is 11.0. The lowest BCUT2D eigenvalue weighted by molar-refractivity contribution is -0.140. The molecule has 2 aromatic rings. The second-order valence-corrected chi connectivity index (χ2v) is 9.34. The van der Waals surface area contributed by atoms with Crippen LogP contribution in [-0.4, -0.2) is 29.3 Å². The van der Waals surface area contributed by atoms with Gasteiger partial charge < -0.3 is 0 Å². The van der Waals surface area contributed by atoms with Crippen LogP contribution in [0.2, 0.25) is 0 Å². The van der Waals surface area contributed by atoms with Crippen molar-refractivity contribution in [3.63, 3.8) is 0 Å². The van der Waals surface area contributed by atoms with E-state index in [4.69, 9.17) is 0 Å². The molecule has 2 bridgehead atoms. The normalized spacial score (nSPS) is 32.1. The molecule has 31 heavy (non-hydrogen) atoms. The number of likely N-dealkylation sites (tertiary alicyclic amines) is 1. The lowest BCUT2D eigenvalue weighted by Crippen LogP contribution is -2.45. The summed E-state index contributed by atoms with van der Waals surface area (Å²) in [5.41, 5.74) is 2.23. The lowest BCUT2D eigenvalue weighted by atomic mass is 9.63. The molecular weight excluding hydrogens is 388 g/mol. The van der Waals surface area contributed by atoms with E-state index in [0.717, 1.165) is 12.0 Å². The van der Waals surface area contributed by atoms with Crippen molar-refractivity contribution in [1.29, 1.82) is 0 Å². The van der Waals surface area contributed by atoms with Crippen LogP contribution in [0.4, 0.5) is 5.69 Å². The topological polar surface area (TPSA) is 57.7 Å². The second kappa shape index (κ2) is 6.64. The van der Waals surface area contributed by atoms with Crippen molar-refractivity contribution in [2.75, 3.05) is 11.6 Å². The summed E-state index contributed by atoms with van der Waals surface area (Å²) in [5.74, 6) is 0.535. The number of carbonyl (C=O) groups is 3. The SMILES string of the molecule is Cc1cccc(N(CN2C(=O)[C@@H]3[C@H]4C=C[C@@H]([C@@H]5C[C@H]45)[C@H]3C2=O)C(=O)c2ccccc2)c1. The maximum Gasteiger partial charge on any atom is 0.259 e. The number of anilines is 1. The number of imide groups is 1. The number of carbonyl (C=O) groups excluding carboxylic acids is 3. The van der Waals surface area contributed by atoms with Crippen molar-refractivity contribution in [2.24, 2.45) is 35.5 Å². The molecule has 0 unspecified atom stereocenters. The van der Waals surface area contributed by atoms with Gasteiger partial charge in [-0.15, -0.1) is 0 Å². The average molecular weight is 412 g/mol. The van der Waals surface area contributed by atoms with Crippen LogP contribution in [0.3, 0.4) is 0 Å². The van der Waals surface area contributed by atoms with E-state index in [1.807, 2.05) is 49.4 Å². The Morgan fingerprint density at radius 2 is 1.58 bits per heavy atom. The fraction of sp³-hybridized carbons (Fsp3) is 0.346. The first-order chi connectivity index (χ1) is 15.0. The molecule has 0 aromatic heterocycles. The van der Waals surface area contributed by atoms with Gasteiger partial charge in [0.25, 0.3) is 5.91 Å². The maximum atomic E-state index is 13.4. The molecule has 1 aliphatic heterocycles. The van der Waals surface area contributed by atoms with Gasteiger partial charge in [0.1, 0.15) is 6.67 Å². The third kappa shape index (κ3) is 2.72. The van der Waals surface area contributed by atoms with Crippen LogP contribution in [0.15, 0.2) is 66.7 Å². The van der Waals surface area contributed by atoms with Gasteiger partial charge in [-0.2, -0.15) is 0 Å². The van der Waals surface area contributed by atoms with Crippen molar-refractivity contribution < 1.29 is 14.4 Å². The van der Waals surface area contributed by atoms with Gasteiger partial charge >= 0.3 is 0 Å². The van der Waals surface area contributed by atoms with E-state index in [1.54, 1.807) is 17.0 Å². The first-order valence-electron chi connectivity index (χ1n) is 11.0.